The first-order valence-electron chi connectivity index (χ1n) is 33.6. The Morgan fingerprint density at radius 2 is 0.849 bits per heavy atom. The maximum atomic E-state index is 2.56. The predicted octanol–water partition coefficient (Wildman–Crippen LogP) is 24.3. The first-order valence-corrected chi connectivity index (χ1v) is 33.6. The Labute approximate surface area is 462 Å². The van der Waals surface area contributed by atoms with Gasteiger partial charge < -0.3 is 0 Å². The topological polar surface area (TPSA) is 0 Å². The fourth-order valence-electron chi connectivity index (χ4n) is 19.1. The van der Waals surface area contributed by atoms with Crippen molar-refractivity contribution >= 4 is 0 Å². The fourth-order valence-corrected chi connectivity index (χ4v) is 19.1. The third-order valence-corrected chi connectivity index (χ3v) is 25.2. The van der Waals surface area contributed by atoms with Gasteiger partial charge in [-0.1, -0.05) is 191 Å². The molecule has 12 unspecified atom stereocenters. The highest BCUT2D eigenvalue weighted by Gasteiger charge is 2.53. The molecule has 0 spiro atoms. The largest absolute Gasteiger partial charge is 0.0651 e. The zero-order chi connectivity index (χ0) is 54.8. The van der Waals surface area contributed by atoms with Crippen LogP contribution in [0.3, 0.4) is 0 Å². The van der Waals surface area contributed by atoms with E-state index in [4.69, 9.17) is 0 Å². The normalized spacial score (nSPS) is 39.6. The number of hydrogen-bond acceptors (Lipinski definition) is 0. The van der Waals surface area contributed by atoms with Gasteiger partial charge in [0.25, 0.3) is 0 Å². The zero-order valence-corrected chi connectivity index (χ0v) is 54.8. The van der Waals surface area contributed by atoms with Crippen molar-refractivity contribution < 1.29 is 0 Å². The van der Waals surface area contributed by atoms with Gasteiger partial charge in [-0.3, -0.25) is 0 Å². The second-order valence-corrected chi connectivity index (χ2v) is 35.4. The van der Waals surface area contributed by atoms with Crippen LogP contribution in [0.25, 0.3) is 0 Å². The van der Waals surface area contributed by atoms with Gasteiger partial charge in [0, 0.05) is 0 Å². The van der Waals surface area contributed by atoms with Crippen LogP contribution >= 0.6 is 0 Å². The Balaban J connectivity index is 0.000000163. The first-order chi connectivity index (χ1) is 33.6. The van der Waals surface area contributed by atoms with Gasteiger partial charge in [-0.15, -0.1) is 0 Å². The van der Waals surface area contributed by atoms with Crippen molar-refractivity contribution in [3.8, 4) is 0 Å². The van der Waals surface area contributed by atoms with E-state index in [0.717, 1.165) is 93.2 Å². The molecule has 430 valence electrons. The molecule has 0 heteroatoms. The molecule has 10 aliphatic rings. The molecule has 0 bridgehead atoms. The Morgan fingerprint density at radius 3 is 1.25 bits per heavy atom. The van der Waals surface area contributed by atoms with Crippen LogP contribution in [0.4, 0.5) is 0 Å². The van der Waals surface area contributed by atoms with Gasteiger partial charge >= 0.3 is 0 Å². The number of hydrogen-bond donors (Lipinski definition) is 0. The van der Waals surface area contributed by atoms with Crippen molar-refractivity contribution in [3.05, 3.63) is 0 Å². The molecular weight excluding hydrogens is 877 g/mol. The van der Waals surface area contributed by atoms with E-state index >= 15 is 0 Å². The highest BCUT2D eigenvalue weighted by molar-refractivity contribution is 5.03. The molecule has 0 N–H and O–H groups in total. The molecule has 10 saturated carbocycles. The summed E-state index contributed by atoms with van der Waals surface area (Å²) in [5.41, 5.74) is 5.83. The molecule has 0 aromatic rings. The Morgan fingerprint density at radius 1 is 0.397 bits per heavy atom. The second kappa shape index (κ2) is 24.8. The van der Waals surface area contributed by atoms with E-state index in [1.54, 1.807) is 0 Å². The minimum absolute atomic E-state index is 0.515. The van der Waals surface area contributed by atoms with Crippen LogP contribution in [-0.4, -0.2) is 0 Å². The highest BCUT2D eigenvalue weighted by atomic mass is 14.6. The van der Waals surface area contributed by atoms with Crippen molar-refractivity contribution in [1.29, 1.82) is 0 Å². The molecule has 12 atom stereocenters. The van der Waals surface area contributed by atoms with E-state index < -0.39 is 0 Å². The van der Waals surface area contributed by atoms with Crippen LogP contribution < -0.4 is 0 Å². The highest BCUT2D eigenvalue weighted by Crippen LogP contribution is 2.63. The van der Waals surface area contributed by atoms with Crippen LogP contribution in [0.2, 0.25) is 0 Å². The van der Waals surface area contributed by atoms with Gasteiger partial charge in [-0.05, 0) is 273 Å². The lowest BCUT2D eigenvalue weighted by Crippen LogP contribution is -2.33. The van der Waals surface area contributed by atoms with E-state index in [9.17, 15) is 0 Å². The first kappa shape index (κ1) is 63.8. The summed E-state index contributed by atoms with van der Waals surface area (Å²) in [6.07, 6.45) is 41.6. The summed E-state index contributed by atoms with van der Waals surface area (Å²) < 4.78 is 0. The number of rotatable bonds is 9. The molecule has 0 radical (unpaired) electrons. The molecule has 0 heterocycles. The van der Waals surface area contributed by atoms with Crippen LogP contribution in [0.1, 0.15) is 339 Å². The van der Waals surface area contributed by atoms with E-state index in [0.29, 0.717) is 32.5 Å². The smallest absolute Gasteiger partial charge is 0.0264 e. The van der Waals surface area contributed by atoms with Crippen LogP contribution in [0.15, 0.2) is 0 Å². The molecule has 10 fully saturated rings. The molecule has 0 aromatic carbocycles. The monoisotopic (exact) mass is 1020 g/mol. The second-order valence-electron chi connectivity index (χ2n) is 35.4. The van der Waals surface area contributed by atoms with E-state index in [1.807, 2.05) is 0 Å². The van der Waals surface area contributed by atoms with Crippen molar-refractivity contribution in [2.75, 3.05) is 0 Å². The molecule has 0 aromatic heterocycles. The van der Waals surface area contributed by atoms with Gasteiger partial charge in [-0.25, -0.2) is 0 Å². The minimum atomic E-state index is 0.515. The van der Waals surface area contributed by atoms with Gasteiger partial charge in [0.1, 0.15) is 0 Å². The molecule has 0 nitrogen and oxygen atoms in total. The Bertz CT molecular complexity index is 1620. The average Bonchev–Trinajstić information content (AvgIpc) is 4.16. The summed E-state index contributed by atoms with van der Waals surface area (Å²) in [6.45, 7) is 55.9. The van der Waals surface area contributed by atoms with Gasteiger partial charge in [-0.2, -0.15) is 0 Å². The third kappa shape index (κ3) is 17.3. The van der Waals surface area contributed by atoms with Gasteiger partial charge in [0.15, 0.2) is 0 Å². The average molecular weight is 1020 g/mol. The third-order valence-electron chi connectivity index (χ3n) is 25.2. The van der Waals surface area contributed by atoms with Crippen molar-refractivity contribution in [2.24, 2.45) is 126 Å². The van der Waals surface area contributed by atoms with Gasteiger partial charge in [0.2, 0.25) is 0 Å². The summed E-state index contributed by atoms with van der Waals surface area (Å²) in [7, 11) is 0. The van der Waals surface area contributed by atoms with E-state index in [-0.39, 0.29) is 0 Å². The molecule has 0 saturated heterocycles. The van der Waals surface area contributed by atoms with Crippen LogP contribution in [0.5, 0.6) is 0 Å². The van der Waals surface area contributed by atoms with Crippen LogP contribution in [-0.2, 0) is 0 Å². The van der Waals surface area contributed by atoms with E-state index in [2.05, 4.69) is 159 Å². The summed E-state index contributed by atoms with van der Waals surface area (Å²) in [6, 6.07) is 0. The summed E-state index contributed by atoms with van der Waals surface area (Å²) in [4.78, 5) is 0. The Kier molecular flexibility index (Phi) is 21.7. The maximum absolute atomic E-state index is 2.56. The molecule has 10 rings (SSSR count). The van der Waals surface area contributed by atoms with Crippen molar-refractivity contribution in [3.63, 3.8) is 0 Å². The lowest BCUT2D eigenvalue weighted by atomic mass is 9.64. The summed E-state index contributed by atoms with van der Waals surface area (Å²) in [5, 5.41) is 0. The summed E-state index contributed by atoms with van der Waals surface area (Å²) >= 11 is 0. The van der Waals surface area contributed by atoms with E-state index in [1.165, 1.54) is 180 Å². The lowest BCUT2D eigenvalue weighted by Gasteiger charge is -2.40. The molecule has 10 aliphatic carbocycles. The molecule has 0 amide bonds. The molecule has 73 heavy (non-hydrogen) atoms. The zero-order valence-electron chi connectivity index (χ0n) is 54.8. The fraction of sp³-hybridized carbons (Fsp3) is 1.00. The van der Waals surface area contributed by atoms with Crippen LogP contribution in [0, 0.1) is 126 Å². The van der Waals surface area contributed by atoms with Gasteiger partial charge in [0.05, 0.1) is 0 Å². The minimum Gasteiger partial charge on any atom is -0.0651 e. The predicted molar refractivity (Wildman–Crippen MR) is 327 cm³/mol. The maximum Gasteiger partial charge on any atom is -0.0264 e. The van der Waals surface area contributed by atoms with Crippen molar-refractivity contribution in [1.82, 2.24) is 0 Å². The van der Waals surface area contributed by atoms with Crippen molar-refractivity contribution in [2.45, 2.75) is 339 Å². The molecule has 0 aliphatic heterocycles. The Hall–Kier alpha value is 0. The lowest BCUT2D eigenvalue weighted by molar-refractivity contribution is 0.0824. The molecular formula is C73H138. The standard InChI is InChI=1S/2C13H24.2C12H22.C12H24.C11H22/c1-12(2,3)11-7-8-13(4,9-11)10-5-6-10;1-12(2,3)11-6-5-9-13(11,4)10-7-8-10;1-9(2)10-6-7-12(3,8-10)11-4-5-11;1-9(2)11-5-4-8-12(11,3)10-6-7-10;1-6-12(5)9-7-8-10(12)11(2,3)4;1-5-9(2)10-6-7-11(3,4)8-10/h2*10-11H,5-9H2,1-4H3;2*9-11H,4-8H2,1-3H3;10H,6-9H2,1-5H3;9-10H,5-8H2,1-4H3. The SMILES string of the molecule is CC(C)(C)C1CCC(C)(C2CC2)C1.CC(C)(C)C1CCCC1(C)C1CC1.CC(C)C1CCC(C)(C2CC2)C1.CC(C)C1CCCC1(C)C1CC1.CCC(C)C1CCC(C)(C)C1.CCC1(C)CCCC1C(C)(C)C. The summed E-state index contributed by atoms with van der Waals surface area (Å²) in [5.74, 6) is 13.2. The quantitative estimate of drug-likeness (QED) is 0.216.